The molecular formula is C22H26N4O4. The van der Waals surface area contributed by atoms with Crippen LogP contribution in [0.3, 0.4) is 0 Å². The summed E-state index contributed by atoms with van der Waals surface area (Å²) in [5, 5.41) is 7.97. The number of aromatic nitrogens is 3. The molecule has 30 heavy (non-hydrogen) atoms. The number of rotatable bonds is 7. The van der Waals surface area contributed by atoms with Gasteiger partial charge in [0.25, 0.3) is 0 Å². The average Bonchev–Trinajstić information content (AvgIpc) is 3.12. The molecule has 0 aliphatic heterocycles. The van der Waals surface area contributed by atoms with E-state index in [2.05, 4.69) is 10.4 Å². The summed E-state index contributed by atoms with van der Waals surface area (Å²) in [5.41, 5.74) is 2.98. The third-order valence-corrected chi connectivity index (χ3v) is 4.67. The highest BCUT2D eigenvalue weighted by Gasteiger charge is 2.23. The number of anilines is 1. The van der Waals surface area contributed by atoms with Crippen LogP contribution < -0.4 is 5.32 Å². The van der Waals surface area contributed by atoms with E-state index >= 15 is 0 Å². The first kappa shape index (κ1) is 21.3. The maximum absolute atomic E-state index is 12.4. The quantitative estimate of drug-likeness (QED) is 0.453. The highest BCUT2D eigenvalue weighted by atomic mass is 16.5. The number of aryl methyl sites for hydroxylation is 2. The summed E-state index contributed by atoms with van der Waals surface area (Å²) in [6.45, 7) is 8.18. The molecular weight excluding hydrogens is 384 g/mol. The number of ether oxygens (including phenoxy) is 2. The standard InChI is InChI=1S/C22H26N4O4/c1-5-7-11-30-22(28)25-20-17(21(27)29-6-2)13-23-26(20)18-12-15(4)16-10-8-9-14(3)19(16)24-18/h8-10,12-13H,5-7,11H2,1-4H3,(H,25,28). The van der Waals surface area contributed by atoms with Crippen molar-refractivity contribution in [1.82, 2.24) is 14.8 Å². The zero-order valence-electron chi connectivity index (χ0n) is 17.7. The number of pyridine rings is 1. The molecule has 8 heteroatoms. The predicted octanol–water partition coefficient (Wildman–Crippen LogP) is 4.56. The van der Waals surface area contributed by atoms with Gasteiger partial charge < -0.3 is 9.47 Å². The Labute approximate surface area is 175 Å². The van der Waals surface area contributed by atoms with Crippen LogP contribution in [0.25, 0.3) is 16.7 Å². The van der Waals surface area contributed by atoms with E-state index in [4.69, 9.17) is 14.5 Å². The second-order valence-corrected chi connectivity index (χ2v) is 6.92. The van der Waals surface area contributed by atoms with E-state index in [-0.39, 0.29) is 24.6 Å². The topological polar surface area (TPSA) is 95.3 Å². The Kier molecular flexibility index (Phi) is 6.66. The molecule has 2 heterocycles. The lowest BCUT2D eigenvalue weighted by atomic mass is 10.1. The zero-order chi connectivity index (χ0) is 21.7. The summed E-state index contributed by atoms with van der Waals surface area (Å²) in [5.74, 6) is 0.0600. The van der Waals surface area contributed by atoms with E-state index < -0.39 is 12.1 Å². The number of nitrogens with one attached hydrogen (secondary N) is 1. The third kappa shape index (κ3) is 4.42. The summed E-state index contributed by atoms with van der Waals surface area (Å²) in [6.07, 6.45) is 2.35. The van der Waals surface area contributed by atoms with Crippen LogP contribution in [0, 0.1) is 13.8 Å². The molecule has 0 atom stereocenters. The lowest BCUT2D eigenvalue weighted by Gasteiger charge is -2.13. The van der Waals surface area contributed by atoms with Crippen LogP contribution in [0.5, 0.6) is 0 Å². The molecule has 0 spiro atoms. The van der Waals surface area contributed by atoms with Gasteiger partial charge >= 0.3 is 12.1 Å². The Morgan fingerprint density at radius 2 is 1.93 bits per heavy atom. The summed E-state index contributed by atoms with van der Waals surface area (Å²) >= 11 is 0. The number of para-hydroxylation sites is 1. The maximum Gasteiger partial charge on any atom is 0.412 e. The second-order valence-electron chi connectivity index (χ2n) is 6.92. The first-order chi connectivity index (χ1) is 14.5. The monoisotopic (exact) mass is 410 g/mol. The van der Waals surface area contributed by atoms with Gasteiger partial charge in [-0.15, -0.1) is 0 Å². The number of nitrogens with zero attached hydrogens (tertiary/aromatic N) is 3. The fourth-order valence-electron chi connectivity index (χ4n) is 3.09. The molecule has 2 aromatic heterocycles. The van der Waals surface area contributed by atoms with E-state index in [0.717, 1.165) is 34.9 Å². The Morgan fingerprint density at radius 3 is 2.67 bits per heavy atom. The van der Waals surface area contributed by atoms with Gasteiger partial charge in [0.05, 0.1) is 24.9 Å². The minimum Gasteiger partial charge on any atom is -0.462 e. The molecule has 0 aliphatic rings. The first-order valence-corrected chi connectivity index (χ1v) is 10.0. The summed E-state index contributed by atoms with van der Waals surface area (Å²) in [4.78, 5) is 29.4. The number of unbranched alkanes of at least 4 members (excludes halogenated alkanes) is 1. The highest BCUT2D eigenvalue weighted by molar-refractivity contribution is 5.99. The summed E-state index contributed by atoms with van der Waals surface area (Å²) < 4.78 is 11.7. The smallest absolute Gasteiger partial charge is 0.412 e. The average molecular weight is 410 g/mol. The molecule has 3 rings (SSSR count). The van der Waals surface area contributed by atoms with Crippen LogP contribution in [-0.4, -0.2) is 40.0 Å². The van der Waals surface area contributed by atoms with Gasteiger partial charge in [-0.2, -0.15) is 9.78 Å². The van der Waals surface area contributed by atoms with Crippen LogP contribution in [0.15, 0.2) is 30.5 Å². The van der Waals surface area contributed by atoms with Crippen LogP contribution in [0.2, 0.25) is 0 Å². The van der Waals surface area contributed by atoms with Crippen LogP contribution in [-0.2, 0) is 9.47 Å². The van der Waals surface area contributed by atoms with E-state index in [1.54, 1.807) is 6.92 Å². The molecule has 158 valence electrons. The van der Waals surface area contributed by atoms with Crippen molar-refractivity contribution >= 4 is 28.8 Å². The van der Waals surface area contributed by atoms with Crippen LogP contribution in [0.1, 0.15) is 48.2 Å². The molecule has 0 saturated carbocycles. The Bertz CT molecular complexity index is 1070. The Morgan fingerprint density at radius 1 is 1.13 bits per heavy atom. The van der Waals surface area contributed by atoms with E-state index in [1.807, 2.05) is 45.0 Å². The maximum atomic E-state index is 12.4. The van der Waals surface area contributed by atoms with Crippen molar-refractivity contribution in [2.24, 2.45) is 0 Å². The predicted molar refractivity (Wildman–Crippen MR) is 114 cm³/mol. The molecule has 3 aromatic rings. The molecule has 1 N–H and O–H groups in total. The summed E-state index contributed by atoms with van der Waals surface area (Å²) in [6, 6.07) is 7.83. The van der Waals surface area contributed by atoms with Gasteiger partial charge in [0.1, 0.15) is 5.56 Å². The van der Waals surface area contributed by atoms with Gasteiger partial charge in [-0.25, -0.2) is 14.6 Å². The fraction of sp³-hybridized carbons (Fsp3) is 0.364. The van der Waals surface area contributed by atoms with Crippen molar-refractivity contribution in [1.29, 1.82) is 0 Å². The number of fused-ring (bicyclic) bond motifs is 1. The van der Waals surface area contributed by atoms with Crippen molar-refractivity contribution in [3.05, 3.63) is 47.2 Å². The number of carbonyl (C=O) groups is 2. The minimum atomic E-state index is -0.663. The summed E-state index contributed by atoms with van der Waals surface area (Å²) in [7, 11) is 0. The molecule has 0 saturated heterocycles. The molecule has 8 nitrogen and oxygen atoms in total. The van der Waals surface area contributed by atoms with Gasteiger partial charge in [-0.05, 0) is 44.4 Å². The van der Waals surface area contributed by atoms with E-state index in [9.17, 15) is 9.59 Å². The zero-order valence-corrected chi connectivity index (χ0v) is 17.7. The van der Waals surface area contributed by atoms with Crippen molar-refractivity contribution < 1.29 is 19.1 Å². The lowest BCUT2D eigenvalue weighted by molar-refractivity contribution is 0.0527. The normalized spacial score (nSPS) is 10.8. The highest BCUT2D eigenvalue weighted by Crippen LogP contribution is 2.26. The molecule has 0 bridgehead atoms. The van der Waals surface area contributed by atoms with Gasteiger partial charge in [0.2, 0.25) is 0 Å². The molecule has 0 fully saturated rings. The first-order valence-electron chi connectivity index (χ1n) is 10.0. The Balaban J connectivity index is 2.06. The number of carbonyl (C=O) groups excluding carboxylic acids is 2. The van der Waals surface area contributed by atoms with Crippen LogP contribution >= 0.6 is 0 Å². The van der Waals surface area contributed by atoms with Crippen molar-refractivity contribution in [2.45, 2.75) is 40.5 Å². The number of amides is 1. The van der Waals surface area contributed by atoms with Crippen molar-refractivity contribution in [2.75, 3.05) is 18.5 Å². The van der Waals surface area contributed by atoms with E-state index in [0.29, 0.717) is 5.82 Å². The van der Waals surface area contributed by atoms with Gasteiger partial charge in [0.15, 0.2) is 11.6 Å². The lowest BCUT2D eigenvalue weighted by Crippen LogP contribution is -2.19. The molecule has 1 amide bonds. The third-order valence-electron chi connectivity index (χ3n) is 4.67. The van der Waals surface area contributed by atoms with Crippen molar-refractivity contribution in [3.8, 4) is 5.82 Å². The van der Waals surface area contributed by atoms with E-state index in [1.165, 1.54) is 10.9 Å². The van der Waals surface area contributed by atoms with Gasteiger partial charge in [-0.1, -0.05) is 31.5 Å². The SMILES string of the molecule is CCCCOC(=O)Nc1c(C(=O)OCC)cnn1-c1cc(C)c2cccc(C)c2n1. The molecule has 0 aliphatic carbocycles. The van der Waals surface area contributed by atoms with Gasteiger partial charge in [0, 0.05) is 5.39 Å². The molecule has 0 radical (unpaired) electrons. The largest absolute Gasteiger partial charge is 0.462 e. The number of hydrogen-bond acceptors (Lipinski definition) is 6. The second kappa shape index (κ2) is 9.39. The number of hydrogen-bond donors (Lipinski definition) is 1. The molecule has 0 unspecified atom stereocenters. The number of esters is 1. The Hall–Kier alpha value is -3.42. The number of benzene rings is 1. The van der Waals surface area contributed by atoms with Crippen LogP contribution in [0.4, 0.5) is 10.6 Å². The molecule has 1 aromatic carbocycles. The van der Waals surface area contributed by atoms with Crippen molar-refractivity contribution in [3.63, 3.8) is 0 Å². The fourth-order valence-corrected chi connectivity index (χ4v) is 3.09. The van der Waals surface area contributed by atoms with Gasteiger partial charge in [-0.3, -0.25) is 5.32 Å². The minimum absolute atomic E-state index is 0.133.